The Morgan fingerprint density at radius 1 is 1.00 bits per heavy atom. The molecule has 0 aromatic heterocycles. The van der Waals surface area contributed by atoms with Crippen molar-refractivity contribution >= 4 is 35.3 Å². The fourth-order valence-electron chi connectivity index (χ4n) is 4.55. The quantitative estimate of drug-likeness (QED) is 0.289. The van der Waals surface area contributed by atoms with Crippen molar-refractivity contribution in [2.75, 3.05) is 17.2 Å². The summed E-state index contributed by atoms with van der Waals surface area (Å²) >= 11 is 0. The summed E-state index contributed by atoms with van der Waals surface area (Å²) in [6.45, 7) is 6.38. The number of nitrogens with zero attached hydrogens (tertiary/aromatic N) is 1. The molecule has 1 aliphatic rings. The van der Waals surface area contributed by atoms with Crippen LogP contribution in [0.3, 0.4) is 0 Å². The van der Waals surface area contributed by atoms with Gasteiger partial charge in [0.25, 0.3) is 5.91 Å². The lowest BCUT2D eigenvalue weighted by atomic mass is 10.1. The highest BCUT2D eigenvalue weighted by Gasteiger charge is 2.31. The minimum atomic E-state index is -1.09. The summed E-state index contributed by atoms with van der Waals surface area (Å²) in [6.07, 6.45) is -0.257. The Balaban J connectivity index is 1.43. The molecule has 4 rings (SSSR count). The molecule has 0 saturated heterocycles. The van der Waals surface area contributed by atoms with Gasteiger partial charge in [-0.25, -0.2) is 4.79 Å². The van der Waals surface area contributed by atoms with Crippen LogP contribution in [0.1, 0.15) is 54.2 Å². The molecule has 0 radical (unpaired) electrons. The van der Waals surface area contributed by atoms with Crippen molar-refractivity contribution < 1.29 is 29.0 Å². The van der Waals surface area contributed by atoms with Gasteiger partial charge in [0, 0.05) is 36.6 Å². The van der Waals surface area contributed by atoms with Crippen molar-refractivity contribution in [2.24, 2.45) is 0 Å². The maximum absolute atomic E-state index is 13.3. The number of hydrogen-bond acceptors (Lipinski definition) is 6. The van der Waals surface area contributed by atoms with Crippen LogP contribution in [0.25, 0.3) is 0 Å². The molecular formula is C32H36N4O6. The molecule has 0 saturated carbocycles. The maximum Gasteiger partial charge on any atom is 0.407 e. The maximum atomic E-state index is 13.3. The van der Waals surface area contributed by atoms with Crippen molar-refractivity contribution in [3.8, 4) is 0 Å². The molecule has 220 valence electrons. The fourth-order valence-corrected chi connectivity index (χ4v) is 4.55. The predicted molar refractivity (Wildman–Crippen MR) is 159 cm³/mol. The molecule has 1 atom stereocenters. The first kappa shape index (κ1) is 30.1. The highest BCUT2D eigenvalue weighted by molar-refractivity contribution is 6.05. The SMILES string of the molecule is CC(C)(C)OC(=O)NCc1ccc(NC(=O)c2ccc3c(c2)N[C@H](CC(=O)O)C(=O)N(CCc2ccccc2)C3)cc1. The van der Waals surface area contributed by atoms with Crippen molar-refractivity contribution in [1.82, 2.24) is 10.2 Å². The molecule has 1 aliphatic heterocycles. The molecule has 10 nitrogen and oxygen atoms in total. The summed E-state index contributed by atoms with van der Waals surface area (Å²) in [5.74, 6) is -1.74. The van der Waals surface area contributed by atoms with Crippen LogP contribution in [0, 0.1) is 0 Å². The Morgan fingerprint density at radius 2 is 1.71 bits per heavy atom. The Kier molecular flexibility index (Phi) is 9.46. The topological polar surface area (TPSA) is 137 Å². The highest BCUT2D eigenvalue weighted by Crippen LogP contribution is 2.26. The number of aliphatic carboxylic acids is 1. The van der Waals surface area contributed by atoms with Gasteiger partial charge in [-0.2, -0.15) is 0 Å². The number of ether oxygens (including phenoxy) is 1. The summed E-state index contributed by atoms with van der Waals surface area (Å²) in [6, 6.07) is 21.0. The largest absolute Gasteiger partial charge is 0.481 e. The number of fused-ring (bicyclic) bond motifs is 1. The van der Waals surface area contributed by atoms with E-state index in [9.17, 15) is 24.3 Å². The molecule has 0 spiro atoms. The summed E-state index contributed by atoms with van der Waals surface area (Å²) < 4.78 is 5.24. The van der Waals surface area contributed by atoms with Crippen LogP contribution in [0.2, 0.25) is 0 Å². The third kappa shape index (κ3) is 8.57. The number of carbonyl (C=O) groups is 4. The van der Waals surface area contributed by atoms with Gasteiger partial charge in [-0.05, 0) is 68.1 Å². The van der Waals surface area contributed by atoms with Gasteiger partial charge in [-0.3, -0.25) is 14.4 Å². The van der Waals surface area contributed by atoms with Crippen LogP contribution in [-0.4, -0.2) is 52.1 Å². The highest BCUT2D eigenvalue weighted by atomic mass is 16.6. The van der Waals surface area contributed by atoms with E-state index in [-0.39, 0.29) is 24.8 Å². The second-order valence-corrected chi connectivity index (χ2v) is 11.2. The normalized spacial score (nSPS) is 14.7. The first-order chi connectivity index (χ1) is 20.0. The minimum Gasteiger partial charge on any atom is -0.481 e. The molecule has 0 aliphatic carbocycles. The number of alkyl carbamates (subject to hydrolysis) is 1. The van der Waals surface area contributed by atoms with Gasteiger partial charge >= 0.3 is 12.1 Å². The van der Waals surface area contributed by atoms with E-state index in [2.05, 4.69) is 16.0 Å². The number of amides is 3. The molecule has 0 fully saturated rings. The fraction of sp³-hybridized carbons (Fsp3) is 0.312. The summed E-state index contributed by atoms with van der Waals surface area (Å²) in [5, 5.41) is 18.1. The summed E-state index contributed by atoms with van der Waals surface area (Å²) in [7, 11) is 0. The number of hydrogen-bond donors (Lipinski definition) is 4. The molecular weight excluding hydrogens is 536 g/mol. The van der Waals surface area contributed by atoms with Gasteiger partial charge in [-0.1, -0.05) is 48.5 Å². The van der Waals surface area contributed by atoms with Crippen molar-refractivity contribution in [2.45, 2.75) is 58.3 Å². The van der Waals surface area contributed by atoms with Crippen molar-refractivity contribution in [1.29, 1.82) is 0 Å². The molecule has 4 N–H and O–H groups in total. The van der Waals surface area contributed by atoms with Crippen LogP contribution < -0.4 is 16.0 Å². The Bertz CT molecular complexity index is 1430. The second-order valence-electron chi connectivity index (χ2n) is 11.2. The van der Waals surface area contributed by atoms with Gasteiger partial charge in [-0.15, -0.1) is 0 Å². The van der Waals surface area contributed by atoms with E-state index in [1.807, 2.05) is 30.3 Å². The van der Waals surface area contributed by atoms with E-state index < -0.39 is 23.7 Å². The van der Waals surface area contributed by atoms with Gasteiger partial charge in [0.2, 0.25) is 5.91 Å². The van der Waals surface area contributed by atoms with E-state index in [1.165, 1.54) is 0 Å². The number of carboxylic acid groups (broad SMARTS) is 1. The monoisotopic (exact) mass is 572 g/mol. The number of carbonyl (C=O) groups excluding carboxylic acids is 3. The lowest BCUT2D eigenvalue weighted by molar-refractivity contribution is -0.141. The van der Waals surface area contributed by atoms with Gasteiger partial charge in [0.15, 0.2) is 0 Å². The average molecular weight is 573 g/mol. The van der Waals surface area contributed by atoms with E-state index in [4.69, 9.17) is 4.74 Å². The summed E-state index contributed by atoms with van der Waals surface area (Å²) in [5.41, 5.74) is 3.59. The lowest BCUT2D eigenvalue weighted by Crippen LogP contribution is -2.42. The minimum absolute atomic E-state index is 0.276. The van der Waals surface area contributed by atoms with Crippen LogP contribution in [-0.2, 0) is 33.8 Å². The standard InChI is InChI=1S/C32H36N4O6/c1-32(2,3)42-31(41)33-19-22-9-13-25(14-10-22)34-29(39)23-11-12-24-20-36(16-15-21-7-5-4-6-8-21)30(40)27(18-28(37)38)35-26(24)17-23/h4-14,17,27,35H,15-16,18-20H2,1-3H3,(H,33,41)(H,34,39)(H,37,38)/t27-/m1/s1. The van der Waals surface area contributed by atoms with E-state index >= 15 is 0 Å². The molecule has 1 heterocycles. The summed E-state index contributed by atoms with van der Waals surface area (Å²) in [4.78, 5) is 51.5. The van der Waals surface area contributed by atoms with Gasteiger partial charge in [0.1, 0.15) is 11.6 Å². The Morgan fingerprint density at radius 3 is 2.38 bits per heavy atom. The smallest absolute Gasteiger partial charge is 0.407 e. The zero-order valence-electron chi connectivity index (χ0n) is 24.0. The van der Waals surface area contributed by atoms with Crippen LogP contribution in [0.15, 0.2) is 72.8 Å². The number of benzene rings is 3. The molecule has 0 bridgehead atoms. The number of rotatable bonds is 9. The third-order valence-corrected chi connectivity index (χ3v) is 6.61. The molecule has 42 heavy (non-hydrogen) atoms. The van der Waals surface area contributed by atoms with E-state index in [1.54, 1.807) is 68.1 Å². The zero-order chi connectivity index (χ0) is 30.3. The number of nitrogens with one attached hydrogen (secondary N) is 3. The van der Waals surface area contributed by atoms with E-state index in [0.717, 1.165) is 16.7 Å². The predicted octanol–water partition coefficient (Wildman–Crippen LogP) is 4.80. The number of carboxylic acids is 1. The van der Waals surface area contributed by atoms with Crippen molar-refractivity contribution in [3.05, 3.63) is 95.1 Å². The average Bonchev–Trinajstić information content (AvgIpc) is 3.06. The van der Waals surface area contributed by atoms with Crippen LogP contribution >= 0.6 is 0 Å². The Hall–Kier alpha value is -4.86. The Labute approximate surface area is 245 Å². The molecule has 3 aromatic rings. The third-order valence-electron chi connectivity index (χ3n) is 6.61. The molecule has 3 aromatic carbocycles. The number of anilines is 2. The van der Waals surface area contributed by atoms with Crippen LogP contribution in [0.4, 0.5) is 16.2 Å². The zero-order valence-corrected chi connectivity index (χ0v) is 24.0. The van der Waals surface area contributed by atoms with Gasteiger partial charge < -0.3 is 30.7 Å². The molecule has 0 unspecified atom stereocenters. The molecule has 10 heteroatoms. The first-order valence-electron chi connectivity index (χ1n) is 13.8. The second kappa shape index (κ2) is 13.2. The van der Waals surface area contributed by atoms with E-state index in [0.29, 0.717) is 36.4 Å². The van der Waals surface area contributed by atoms with Crippen molar-refractivity contribution in [3.63, 3.8) is 0 Å². The van der Waals surface area contributed by atoms with Crippen LogP contribution in [0.5, 0.6) is 0 Å². The lowest BCUT2D eigenvalue weighted by Gasteiger charge is -2.24. The first-order valence-corrected chi connectivity index (χ1v) is 13.8. The molecule has 3 amide bonds. The van der Waals surface area contributed by atoms with Gasteiger partial charge in [0.05, 0.1) is 6.42 Å².